The molecule has 0 aliphatic rings. The minimum Gasteiger partial charge on any atom is -0.395 e. The summed E-state index contributed by atoms with van der Waals surface area (Å²) in [4.78, 5) is 2.19. The third kappa shape index (κ3) is 5.90. The van der Waals surface area contributed by atoms with Gasteiger partial charge >= 0.3 is 0 Å². The van der Waals surface area contributed by atoms with Crippen LogP contribution >= 0.6 is 0 Å². The third-order valence-corrected chi connectivity index (χ3v) is 1.66. The van der Waals surface area contributed by atoms with Crippen molar-refractivity contribution in [1.29, 1.82) is 0 Å². The Kier molecular flexibility index (Phi) is 7.23. The molecule has 64 valence electrons. The smallest absolute Gasteiger partial charge is 0.0558 e. The van der Waals surface area contributed by atoms with E-state index >= 15 is 0 Å². The van der Waals surface area contributed by atoms with E-state index in [0.717, 1.165) is 32.5 Å². The van der Waals surface area contributed by atoms with Gasteiger partial charge in [-0.25, -0.2) is 0 Å². The van der Waals surface area contributed by atoms with Crippen molar-refractivity contribution < 1.29 is 5.11 Å². The molecule has 0 atom stereocenters. The highest BCUT2D eigenvalue weighted by atomic mass is 16.3. The molecule has 0 unspecified atom stereocenters. The van der Waals surface area contributed by atoms with Gasteiger partial charge in [-0.15, -0.1) is 12.3 Å². The zero-order valence-electron chi connectivity index (χ0n) is 7.21. The molecule has 0 saturated heterocycles. The molecule has 0 spiro atoms. The van der Waals surface area contributed by atoms with Crippen molar-refractivity contribution in [1.82, 2.24) is 4.90 Å². The molecule has 0 rings (SSSR count). The first-order chi connectivity index (χ1) is 5.35. The van der Waals surface area contributed by atoms with E-state index in [4.69, 9.17) is 11.5 Å². The van der Waals surface area contributed by atoms with E-state index in [1.807, 2.05) is 0 Å². The van der Waals surface area contributed by atoms with Crippen LogP contribution in [0.15, 0.2) is 0 Å². The topological polar surface area (TPSA) is 23.5 Å². The Hall–Kier alpha value is -0.520. The molecule has 0 amide bonds. The van der Waals surface area contributed by atoms with Crippen LogP contribution in [-0.2, 0) is 0 Å². The van der Waals surface area contributed by atoms with Gasteiger partial charge in [0.15, 0.2) is 0 Å². The second-order valence-electron chi connectivity index (χ2n) is 2.47. The highest BCUT2D eigenvalue weighted by Gasteiger charge is 1.98. The molecule has 0 radical (unpaired) electrons. The van der Waals surface area contributed by atoms with Gasteiger partial charge in [0.05, 0.1) is 6.61 Å². The van der Waals surface area contributed by atoms with Crippen LogP contribution in [0.5, 0.6) is 0 Å². The average Bonchev–Trinajstić information content (AvgIpc) is 2.03. The number of aliphatic hydroxyl groups is 1. The molecule has 0 aliphatic carbocycles. The lowest BCUT2D eigenvalue weighted by molar-refractivity contribution is 0.201. The van der Waals surface area contributed by atoms with Crippen LogP contribution in [0.4, 0.5) is 0 Å². The number of terminal acetylenes is 1. The molecule has 0 aromatic rings. The lowest BCUT2D eigenvalue weighted by Crippen LogP contribution is -2.27. The predicted molar refractivity (Wildman–Crippen MR) is 47.3 cm³/mol. The summed E-state index contributed by atoms with van der Waals surface area (Å²) in [5.74, 6) is 2.60. The minimum absolute atomic E-state index is 0.240. The highest BCUT2D eigenvalue weighted by molar-refractivity contribution is 4.83. The number of unbranched alkanes of at least 4 members (excludes halogenated alkanes) is 1. The molecule has 0 aliphatic heterocycles. The van der Waals surface area contributed by atoms with Gasteiger partial charge in [0.25, 0.3) is 0 Å². The maximum absolute atomic E-state index is 8.64. The van der Waals surface area contributed by atoms with Gasteiger partial charge in [-0.3, -0.25) is 0 Å². The molecule has 0 bridgehead atoms. The monoisotopic (exact) mass is 155 g/mol. The first kappa shape index (κ1) is 10.5. The van der Waals surface area contributed by atoms with E-state index in [-0.39, 0.29) is 6.61 Å². The first-order valence-corrected chi connectivity index (χ1v) is 4.11. The SMILES string of the molecule is C#CCCCN(CC)CCO. The number of hydrogen-bond acceptors (Lipinski definition) is 2. The van der Waals surface area contributed by atoms with Crippen LogP contribution in [0.1, 0.15) is 19.8 Å². The molecular weight excluding hydrogens is 138 g/mol. The summed E-state index contributed by atoms with van der Waals surface area (Å²) in [6.45, 7) is 5.09. The quantitative estimate of drug-likeness (QED) is 0.451. The predicted octanol–water partition coefficient (Wildman–Crippen LogP) is 0.714. The molecule has 0 fully saturated rings. The fourth-order valence-corrected chi connectivity index (χ4v) is 0.974. The normalized spacial score (nSPS) is 10.0. The maximum atomic E-state index is 8.64. The number of aliphatic hydroxyl groups excluding tert-OH is 1. The molecule has 11 heavy (non-hydrogen) atoms. The van der Waals surface area contributed by atoms with Crippen molar-refractivity contribution in [2.45, 2.75) is 19.8 Å². The van der Waals surface area contributed by atoms with Crippen LogP contribution in [0.3, 0.4) is 0 Å². The number of rotatable bonds is 6. The van der Waals surface area contributed by atoms with Crippen molar-refractivity contribution in [3.8, 4) is 12.3 Å². The van der Waals surface area contributed by atoms with Crippen molar-refractivity contribution in [2.75, 3.05) is 26.2 Å². The van der Waals surface area contributed by atoms with E-state index in [1.165, 1.54) is 0 Å². The number of likely N-dealkylation sites (N-methyl/N-ethyl adjacent to an activating group) is 1. The molecule has 0 aromatic carbocycles. The summed E-state index contributed by atoms with van der Waals surface area (Å²) in [5.41, 5.74) is 0. The summed E-state index contributed by atoms with van der Waals surface area (Å²) >= 11 is 0. The van der Waals surface area contributed by atoms with Gasteiger partial charge in [0, 0.05) is 13.0 Å². The Morgan fingerprint density at radius 1 is 1.45 bits per heavy atom. The lowest BCUT2D eigenvalue weighted by atomic mass is 10.3. The average molecular weight is 155 g/mol. The third-order valence-electron chi connectivity index (χ3n) is 1.66. The standard InChI is InChI=1S/C9H17NO/c1-3-5-6-7-10(4-2)8-9-11/h1,11H,4-9H2,2H3. The molecular formula is C9H17NO. The highest BCUT2D eigenvalue weighted by Crippen LogP contribution is 1.93. The van der Waals surface area contributed by atoms with Crippen LogP contribution in [0.2, 0.25) is 0 Å². The number of hydrogen-bond donors (Lipinski definition) is 1. The summed E-state index contributed by atoms with van der Waals surface area (Å²) in [6.07, 6.45) is 6.98. The maximum Gasteiger partial charge on any atom is 0.0558 e. The van der Waals surface area contributed by atoms with Gasteiger partial charge < -0.3 is 10.0 Å². The van der Waals surface area contributed by atoms with E-state index in [1.54, 1.807) is 0 Å². The summed E-state index contributed by atoms with van der Waals surface area (Å²) < 4.78 is 0. The van der Waals surface area contributed by atoms with Gasteiger partial charge in [0.2, 0.25) is 0 Å². The summed E-state index contributed by atoms with van der Waals surface area (Å²) in [7, 11) is 0. The lowest BCUT2D eigenvalue weighted by Gasteiger charge is -2.17. The van der Waals surface area contributed by atoms with Gasteiger partial charge in [0.1, 0.15) is 0 Å². The second-order valence-corrected chi connectivity index (χ2v) is 2.47. The molecule has 0 aromatic heterocycles. The molecule has 0 heterocycles. The van der Waals surface area contributed by atoms with Crippen LogP contribution in [0.25, 0.3) is 0 Å². The molecule has 2 nitrogen and oxygen atoms in total. The van der Waals surface area contributed by atoms with Gasteiger partial charge in [-0.2, -0.15) is 0 Å². The molecule has 1 N–H and O–H groups in total. The van der Waals surface area contributed by atoms with Crippen molar-refractivity contribution in [2.24, 2.45) is 0 Å². The van der Waals surface area contributed by atoms with E-state index in [2.05, 4.69) is 17.7 Å². The largest absolute Gasteiger partial charge is 0.395 e. The Bertz CT molecular complexity index is 117. The van der Waals surface area contributed by atoms with Crippen molar-refractivity contribution in [3.05, 3.63) is 0 Å². The van der Waals surface area contributed by atoms with E-state index in [0.29, 0.717) is 0 Å². The first-order valence-electron chi connectivity index (χ1n) is 4.11. The van der Waals surface area contributed by atoms with Crippen molar-refractivity contribution >= 4 is 0 Å². The van der Waals surface area contributed by atoms with Gasteiger partial charge in [-0.1, -0.05) is 6.92 Å². The van der Waals surface area contributed by atoms with E-state index in [9.17, 15) is 0 Å². The zero-order valence-corrected chi connectivity index (χ0v) is 7.21. The van der Waals surface area contributed by atoms with E-state index < -0.39 is 0 Å². The van der Waals surface area contributed by atoms with Crippen molar-refractivity contribution in [3.63, 3.8) is 0 Å². The van der Waals surface area contributed by atoms with Crippen LogP contribution in [-0.4, -0.2) is 36.2 Å². The van der Waals surface area contributed by atoms with Crippen LogP contribution < -0.4 is 0 Å². The Morgan fingerprint density at radius 2 is 2.18 bits per heavy atom. The fourth-order valence-electron chi connectivity index (χ4n) is 0.974. The van der Waals surface area contributed by atoms with Crippen LogP contribution in [0, 0.1) is 12.3 Å². The summed E-state index contributed by atoms with van der Waals surface area (Å²) in [5, 5.41) is 8.64. The fraction of sp³-hybridized carbons (Fsp3) is 0.778. The Morgan fingerprint density at radius 3 is 2.64 bits per heavy atom. The second kappa shape index (κ2) is 7.59. The minimum atomic E-state index is 0.240. The zero-order chi connectivity index (χ0) is 8.53. The summed E-state index contributed by atoms with van der Waals surface area (Å²) in [6, 6.07) is 0. The molecule has 2 heteroatoms. The Balaban J connectivity index is 3.29. The Labute approximate surface area is 69.2 Å². The number of nitrogens with zero attached hydrogens (tertiary/aromatic N) is 1. The van der Waals surface area contributed by atoms with Gasteiger partial charge in [-0.05, 0) is 19.5 Å². The molecule has 0 saturated carbocycles.